The van der Waals surface area contributed by atoms with Gasteiger partial charge in [-0.05, 0) is 176 Å². The summed E-state index contributed by atoms with van der Waals surface area (Å²) in [5, 5.41) is 3.57. The minimum absolute atomic E-state index is 0.0226. The highest BCUT2D eigenvalue weighted by atomic mass is 16.6. The topological polar surface area (TPSA) is 197 Å². The van der Waals surface area contributed by atoms with Crippen molar-refractivity contribution in [1.82, 2.24) is 29.8 Å². The van der Waals surface area contributed by atoms with Gasteiger partial charge in [0.15, 0.2) is 23.0 Å². The highest BCUT2D eigenvalue weighted by Crippen LogP contribution is 2.35. The van der Waals surface area contributed by atoms with Crippen LogP contribution in [0.3, 0.4) is 0 Å². The lowest BCUT2D eigenvalue weighted by Gasteiger charge is -2.45. The van der Waals surface area contributed by atoms with Gasteiger partial charge in [0, 0.05) is 114 Å². The maximum atomic E-state index is 14.1. The van der Waals surface area contributed by atoms with Gasteiger partial charge in [0.25, 0.3) is 11.8 Å². The van der Waals surface area contributed by atoms with E-state index in [9.17, 15) is 24.0 Å². The van der Waals surface area contributed by atoms with E-state index < -0.39 is 17.3 Å². The Balaban J connectivity index is 0.000000306. The van der Waals surface area contributed by atoms with Gasteiger partial charge in [0.2, 0.25) is 5.91 Å². The number of rotatable bonds is 28. The van der Waals surface area contributed by atoms with Crippen LogP contribution in [0.15, 0.2) is 36.4 Å². The van der Waals surface area contributed by atoms with E-state index in [-0.39, 0.29) is 72.7 Å². The van der Waals surface area contributed by atoms with Crippen molar-refractivity contribution in [2.75, 3.05) is 94.8 Å². The molecule has 20 heteroatoms. The average Bonchev–Trinajstić information content (AvgIpc) is 4.34. The van der Waals surface area contributed by atoms with E-state index >= 15 is 0 Å². The predicted octanol–water partition coefficient (Wildman–Crippen LogP) is 9.63. The third kappa shape index (κ3) is 21.5. The third-order valence-corrected chi connectivity index (χ3v) is 15.1. The zero-order chi connectivity index (χ0) is 61.0. The standard InChI is InChI=1S/C33H53N3O8.C30H49N3O6/c1-23(2)36(31(38)24-10-15-28(42-8)29(20-24)43-19-9-18-40-6)27-14-13-26(35(21-27)32(39)44-33(3,4)5)16-17-34(25-11-12-25)30(37)22-41-7;1-21(2)33(28(34)22-9-14-26(37-7)27(19-22)38-18-8-17-36-6)25-13-12-24(15-16-31-23-10-11-23)32(20-25)29(35)39-30(3,4)5/h10,15,20,23,25-27H,9,11-14,16-19,21-22H2,1-8H3;9,14,19,21,23-25,31H,8,10-13,15-18,20H2,1-7H3/t26-,27-;24-,25-/m11/s1. The lowest BCUT2D eigenvalue weighted by molar-refractivity contribution is -0.136. The molecule has 2 aliphatic heterocycles. The molecule has 468 valence electrons. The molecule has 20 nitrogen and oxygen atoms in total. The Bertz CT molecular complexity index is 2370. The summed E-state index contributed by atoms with van der Waals surface area (Å²) in [5.74, 6) is 1.92. The van der Waals surface area contributed by atoms with Crippen LogP contribution in [0, 0.1) is 0 Å². The largest absolute Gasteiger partial charge is 0.493 e. The normalized spacial score (nSPS) is 19.1. The average molecular weight is 1170 g/mol. The number of nitrogens with zero attached hydrogens (tertiary/aromatic N) is 5. The summed E-state index contributed by atoms with van der Waals surface area (Å²) < 4.78 is 49.7. The third-order valence-electron chi connectivity index (χ3n) is 15.1. The fraction of sp³-hybridized carbons (Fsp3) is 0.730. The molecule has 2 saturated carbocycles. The molecule has 0 aromatic heterocycles. The van der Waals surface area contributed by atoms with Gasteiger partial charge >= 0.3 is 12.2 Å². The van der Waals surface area contributed by atoms with Gasteiger partial charge in [-0.15, -0.1) is 0 Å². The summed E-state index contributed by atoms with van der Waals surface area (Å²) in [5.41, 5.74) is -0.231. The van der Waals surface area contributed by atoms with Crippen molar-refractivity contribution >= 4 is 29.9 Å². The Labute approximate surface area is 495 Å². The van der Waals surface area contributed by atoms with Crippen molar-refractivity contribution in [3.8, 4) is 23.0 Å². The maximum Gasteiger partial charge on any atom is 0.410 e. The summed E-state index contributed by atoms with van der Waals surface area (Å²) in [4.78, 5) is 76.8. The van der Waals surface area contributed by atoms with E-state index in [0.717, 1.165) is 51.5 Å². The molecule has 2 heterocycles. The Morgan fingerprint density at radius 3 is 1.36 bits per heavy atom. The number of carbonyl (C=O) groups excluding carboxylic acids is 5. The Morgan fingerprint density at radius 2 is 0.988 bits per heavy atom. The minimum atomic E-state index is -0.667. The van der Waals surface area contributed by atoms with Crippen molar-refractivity contribution < 1.29 is 66.6 Å². The van der Waals surface area contributed by atoms with Gasteiger partial charge in [0.1, 0.15) is 17.8 Å². The SMILES string of the molecule is COCCCOc1cc(C(=O)N(C(C)C)[C@@H]2CC[C@H](CCN(C(=O)COC)C3CC3)N(C(=O)OC(C)(C)C)C2)ccc1OC.COCCCOc1cc(C(=O)N(C(C)C)[C@@H]2CC[C@H](CCNC3CC3)N(C(=O)OC(C)(C)C)C2)ccc1OC. The molecule has 2 aliphatic carbocycles. The lowest BCUT2D eigenvalue weighted by atomic mass is 9.93. The zero-order valence-electron chi connectivity index (χ0n) is 52.9. The van der Waals surface area contributed by atoms with Crippen LogP contribution in [-0.4, -0.2) is 209 Å². The molecule has 2 aromatic rings. The Hall–Kier alpha value is -5.57. The first-order chi connectivity index (χ1) is 39.4. The number of likely N-dealkylation sites (tertiary alicyclic amines) is 2. The van der Waals surface area contributed by atoms with Gasteiger partial charge in [-0.25, -0.2) is 9.59 Å². The molecule has 2 saturated heterocycles. The van der Waals surface area contributed by atoms with E-state index in [2.05, 4.69) is 5.32 Å². The highest BCUT2D eigenvalue weighted by Gasteiger charge is 2.42. The second-order valence-electron chi connectivity index (χ2n) is 24.8. The fourth-order valence-corrected chi connectivity index (χ4v) is 10.8. The first-order valence-corrected chi connectivity index (χ1v) is 30.2. The van der Waals surface area contributed by atoms with Crippen LogP contribution >= 0.6 is 0 Å². The van der Waals surface area contributed by atoms with Gasteiger partial charge < -0.3 is 72.4 Å². The van der Waals surface area contributed by atoms with Crippen molar-refractivity contribution in [3.63, 3.8) is 0 Å². The van der Waals surface area contributed by atoms with Crippen LogP contribution in [0.4, 0.5) is 9.59 Å². The number of benzene rings is 2. The summed E-state index contributed by atoms with van der Waals surface area (Å²) in [6, 6.07) is 10.9. The van der Waals surface area contributed by atoms with Crippen molar-refractivity contribution in [2.24, 2.45) is 0 Å². The smallest absolute Gasteiger partial charge is 0.410 e. The highest BCUT2D eigenvalue weighted by molar-refractivity contribution is 5.96. The number of piperidine rings is 2. The first-order valence-electron chi connectivity index (χ1n) is 30.2. The molecule has 0 spiro atoms. The van der Waals surface area contributed by atoms with Crippen LogP contribution in [0.2, 0.25) is 0 Å². The summed E-state index contributed by atoms with van der Waals surface area (Å²) in [7, 11) is 7.98. The maximum absolute atomic E-state index is 14.1. The van der Waals surface area contributed by atoms with Gasteiger partial charge in [0.05, 0.1) is 39.5 Å². The van der Waals surface area contributed by atoms with Crippen LogP contribution in [0.25, 0.3) is 0 Å². The molecule has 0 radical (unpaired) electrons. The molecular weight excluding hydrogens is 1060 g/mol. The number of hydrogen-bond donors (Lipinski definition) is 1. The molecule has 0 unspecified atom stereocenters. The fourth-order valence-electron chi connectivity index (χ4n) is 10.8. The van der Waals surface area contributed by atoms with Crippen LogP contribution in [0.5, 0.6) is 23.0 Å². The van der Waals surface area contributed by atoms with E-state index in [0.29, 0.717) is 105 Å². The molecule has 6 rings (SSSR count). The molecule has 1 N–H and O–H groups in total. The molecule has 0 bridgehead atoms. The first kappa shape index (κ1) is 68.2. The Kier molecular flexibility index (Phi) is 26.8. The number of amides is 5. The summed E-state index contributed by atoms with van der Waals surface area (Å²) in [6.07, 6.45) is 9.76. The number of methoxy groups -OCH3 is 5. The van der Waals surface area contributed by atoms with E-state index in [1.54, 1.807) is 69.7 Å². The Morgan fingerprint density at radius 1 is 0.554 bits per heavy atom. The molecule has 4 fully saturated rings. The van der Waals surface area contributed by atoms with E-state index in [1.807, 2.05) is 88.8 Å². The van der Waals surface area contributed by atoms with E-state index in [4.69, 9.17) is 42.6 Å². The van der Waals surface area contributed by atoms with E-state index in [1.165, 1.54) is 20.0 Å². The number of carbonyl (C=O) groups is 5. The monoisotopic (exact) mass is 1170 g/mol. The minimum Gasteiger partial charge on any atom is -0.493 e. The van der Waals surface area contributed by atoms with Crippen LogP contribution in [0.1, 0.15) is 167 Å². The quantitative estimate of drug-likeness (QED) is 0.0790. The molecule has 4 aliphatic rings. The molecule has 5 amide bonds. The molecule has 4 atom stereocenters. The number of hydrogen-bond acceptors (Lipinski definition) is 15. The number of ether oxygens (including phenoxy) is 9. The number of nitrogens with one attached hydrogen (secondary N) is 1. The van der Waals surface area contributed by atoms with Gasteiger partial charge in [-0.2, -0.15) is 0 Å². The second-order valence-corrected chi connectivity index (χ2v) is 24.8. The summed E-state index contributed by atoms with van der Waals surface area (Å²) in [6.45, 7) is 23.6. The van der Waals surface area contributed by atoms with Gasteiger partial charge in [-0.3, -0.25) is 14.4 Å². The second kappa shape index (κ2) is 32.6. The molecule has 83 heavy (non-hydrogen) atoms. The predicted molar refractivity (Wildman–Crippen MR) is 319 cm³/mol. The lowest BCUT2D eigenvalue weighted by Crippen LogP contribution is -2.58. The van der Waals surface area contributed by atoms with Gasteiger partial charge in [-0.1, -0.05) is 0 Å². The van der Waals surface area contributed by atoms with Crippen molar-refractivity contribution in [2.45, 2.75) is 206 Å². The van der Waals surface area contributed by atoms with Crippen molar-refractivity contribution in [3.05, 3.63) is 47.5 Å². The van der Waals surface area contributed by atoms with Crippen LogP contribution in [-0.2, 0) is 28.5 Å². The van der Waals surface area contributed by atoms with Crippen molar-refractivity contribution in [1.29, 1.82) is 0 Å². The summed E-state index contributed by atoms with van der Waals surface area (Å²) >= 11 is 0. The van der Waals surface area contributed by atoms with Crippen LogP contribution < -0.4 is 24.3 Å². The molecule has 2 aromatic carbocycles. The zero-order valence-corrected chi connectivity index (χ0v) is 52.9. The molecular formula is C63H102N6O14.